The fourth-order valence-electron chi connectivity index (χ4n) is 2.81. The van der Waals surface area contributed by atoms with Gasteiger partial charge in [-0.1, -0.05) is 30.3 Å². The van der Waals surface area contributed by atoms with Gasteiger partial charge in [-0.25, -0.2) is 9.37 Å². The Balaban J connectivity index is 1.58. The van der Waals surface area contributed by atoms with Crippen LogP contribution in [-0.4, -0.2) is 22.7 Å². The molecule has 0 saturated heterocycles. The van der Waals surface area contributed by atoms with Gasteiger partial charge in [-0.3, -0.25) is 14.4 Å². The van der Waals surface area contributed by atoms with Gasteiger partial charge in [-0.15, -0.1) is 0 Å². The summed E-state index contributed by atoms with van der Waals surface area (Å²) in [6, 6.07) is 14.0. The van der Waals surface area contributed by atoms with Gasteiger partial charge >= 0.3 is 0 Å². The number of hydrogen-bond donors (Lipinski definition) is 4. The van der Waals surface area contributed by atoms with E-state index in [2.05, 4.69) is 15.6 Å². The number of nitrogens with one attached hydrogen (secondary N) is 2. The summed E-state index contributed by atoms with van der Waals surface area (Å²) in [5.74, 6) is -2.49. The van der Waals surface area contributed by atoms with Crippen LogP contribution in [0.3, 0.4) is 0 Å². The van der Waals surface area contributed by atoms with Crippen molar-refractivity contribution in [2.75, 3.05) is 11.1 Å². The van der Waals surface area contributed by atoms with Gasteiger partial charge < -0.3 is 26.8 Å². The first kappa shape index (κ1) is 22.2. The second-order valence-corrected chi connectivity index (χ2v) is 6.70. The van der Waals surface area contributed by atoms with E-state index in [1.54, 1.807) is 30.3 Å². The standard InChI is InChI=1S/C22H20FN5O4/c23-16-10-14(6-7-17(16)32-15-8-9-26-18(24)11-15)27-19(29)12-20(30)28-21(22(25)31)13-4-2-1-3-5-13/h1-11,21H,12H2,(H2,24,26)(H2,25,31)(H,27,29)(H,28,30)/t21-/m0/s1. The van der Waals surface area contributed by atoms with Crippen LogP contribution in [0.5, 0.6) is 11.5 Å². The molecular weight excluding hydrogens is 417 g/mol. The van der Waals surface area contributed by atoms with Crippen molar-refractivity contribution >= 4 is 29.2 Å². The van der Waals surface area contributed by atoms with E-state index in [1.807, 2.05) is 0 Å². The Morgan fingerprint density at radius 1 is 1.03 bits per heavy atom. The summed E-state index contributed by atoms with van der Waals surface area (Å²) in [5, 5.41) is 4.83. The molecular formula is C22H20FN5O4. The van der Waals surface area contributed by atoms with E-state index in [-0.39, 0.29) is 17.3 Å². The van der Waals surface area contributed by atoms with Gasteiger partial charge in [0.15, 0.2) is 11.6 Å². The maximum Gasteiger partial charge on any atom is 0.244 e. The number of carbonyl (C=O) groups excluding carboxylic acids is 3. The monoisotopic (exact) mass is 437 g/mol. The third kappa shape index (κ3) is 6.02. The molecule has 1 atom stereocenters. The molecule has 0 bridgehead atoms. The molecule has 0 aliphatic rings. The van der Waals surface area contributed by atoms with Crippen LogP contribution in [0, 0.1) is 5.82 Å². The molecule has 0 aliphatic carbocycles. The number of primary amides is 1. The molecule has 164 valence electrons. The highest BCUT2D eigenvalue weighted by atomic mass is 19.1. The molecule has 2 aromatic carbocycles. The fraction of sp³-hybridized carbons (Fsp3) is 0.0909. The molecule has 10 heteroatoms. The first-order chi connectivity index (χ1) is 15.3. The molecule has 3 amide bonds. The van der Waals surface area contributed by atoms with Crippen LogP contribution in [-0.2, 0) is 14.4 Å². The van der Waals surface area contributed by atoms with Crippen molar-refractivity contribution < 1.29 is 23.5 Å². The van der Waals surface area contributed by atoms with Gasteiger partial charge in [0.1, 0.15) is 24.0 Å². The minimum atomic E-state index is -1.08. The summed E-state index contributed by atoms with van der Waals surface area (Å²) in [6.07, 6.45) is 0.829. The zero-order valence-corrected chi connectivity index (χ0v) is 16.7. The number of benzene rings is 2. The largest absolute Gasteiger partial charge is 0.454 e. The van der Waals surface area contributed by atoms with Gasteiger partial charge in [-0.2, -0.15) is 0 Å². The summed E-state index contributed by atoms with van der Waals surface area (Å²) < 4.78 is 19.8. The van der Waals surface area contributed by atoms with Crippen LogP contribution in [0.25, 0.3) is 0 Å². The Morgan fingerprint density at radius 3 is 2.44 bits per heavy atom. The van der Waals surface area contributed by atoms with Crippen molar-refractivity contribution in [2.24, 2.45) is 5.73 Å². The van der Waals surface area contributed by atoms with Crippen LogP contribution in [0.15, 0.2) is 66.9 Å². The molecule has 3 rings (SSSR count). The van der Waals surface area contributed by atoms with E-state index in [1.165, 1.54) is 30.5 Å². The average molecular weight is 437 g/mol. The summed E-state index contributed by atoms with van der Waals surface area (Å²) in [4.78, 5) is 39.9. The second kappa shape index (κ2) is 10.0. The van der Waals surface area contributed by atoms with Gasteiger partial charge in [-0.05, 0) is 23.8 Å². The lowest BCUT2D eigenvalue weighted by Gasteiger charge is -2.16. The van der Waals surface area contributed by atoms with E-state index < -0.39 is 36.0 Å². The predicted molar refractivity (Wildman–Crippen MR) is 115 cm³/mol. The number of nitrogens with two attached hydrogens (primary N) is 2. The molecule has 3 aromatic rings. The molecule has 32 heavy (non-hydrogen) atoms. The van der Waals surface area contributed by atoms with E-state index in [0.29, 0.717) is 11.3 Å². The Morgan fingerprint density at radius 2 is 1.78 bits per heavy atom. The Kier molecular flexibility index (Phi) is 6.96. The second-order valence-electron chi connectivity index (χ2n) is 6.70. The van der Waals surface area contributed by atoms with Crippen molar-refractivity contribution in [1.29, 1.82) is 0 Å². The number of ether oxygens (including phenoxy) is 1. The summed E-state index contributed by atoms with van der Waals surface area (Å²) in [6.45, 7) is 0. The summed E-state index contributed by atoms with van der Waals surface area (Å²) in [5.41, 5.74) is 11.5. The van der Waals surface area contributed by atoms with Crippen LogP contribution < -0.4 is 26.8 Å². The van der Waals surface area contributed by atoms with Crippen molar-refractivity contribution in [3.63, 3.8) is 0 Å². The number of hydrogen-bond acceptors (Lipinski definition) is 6. The van der Waals surface area contributed by atoms with Crippen LogP contribution in [0.1, 0.15) is 18.0 Å². The van der Waals surface area contributed by atoms with Gasteiger partial charge in [0.25, 0.3) is 0 Å². The van der Waals surface area contributed by atoms with Gasteiger partial charge in [0.05, 0.1) is 0 Å². The molecule has 0 unspecified atom stereocenters. The molecule has 1 aromatic heterocycles. The zero-order chi connectivity index (χ0) is 23.1. The quantitative estimate of drug-likeness (QED) is 0.397. The zero-order valence-electron chi connectivity index (χ0n) is 16.7. The summed E-state index contributed by atoms with van der Waals surface area (Å²) in [7, 11) is 0. The first-order valence-electron chi connectivity index (χ1n) is 9.44. The van der Waals surface area contributed by atoms with Crippen LogP contribution in [0.2, 0.25) is 0 Å². The highest BCUT2D eigenvalue weighted by molar-refractivity contribution is 6.04. The highest BCUT2D eigenvalue weighted by Crippen LogP contribution is 2.27. The van der Waals surface area contributed by atoms with Crippen molar-refractivity contribution in [1.82, 2.24) is 10.3 Å². The molecule has 0 saturated carbocycles. The maximum absolute atomic E-state index is 14.3. The smallest absolute Gasteiger partial charge is 0.244 e. The average Bonchev–Trinajstić information content (AvgIpc) is 2.74. The minimum absolute atomic E-state index is 0.0847. The number of nitrogens with zero attached hydrogens (tertiary/aromatic N) is 1. The van der Waals surface area contributed by atoms with Crippen molar-refractivity contribution in [2.45, 2.75) is 12.5 Å². The molecule has 0 fully saturated rings. The fourth-order valence-corrected chi connectivity index (χ4v) is 2.81. The molecule has 1 heterocycles. The van der Waals surface area contributed by atoms with Crippen LogP contribution >= 0.6 is 0 Å². The Labute approximate surface area is 182 Å². The predicted octanol–water partition coefficient (Wildman–Crippen LogP) is 2.27. The number of anilines is 2. The van der Waals surface area contributed by atoms with Crippen molar-refractivity contribution in [3.8, 4) is 11.5 Å². The topological polar surface area (TPSA) is 149 Å². The number of rotatable bonds is 8. The highest BCUT2D eigenvalue weighted by Gasteiger charge is 2.21. The lowest BCUT2D eigenvalue weighted by atomic mass is 10.1. The molecule has 0 radical (unpaired) electrons. The van der Waals surface area contributed by atoms with Crippen molar-refractivity contribution in [3.05, 3.63) is 78.2 Å². The minimum Gasteiger partial charge on any atom is -0.454 e. The van der Waals surface area contributed by atoms with E-state index in [4.69, 9.17) is 16.2 Å². The van der Waals surface area contributed by atoms with Crippen LogP contribution in [0.4, 0.5) is 15.9 Å². The van der Waals surface area contributed by atoms with E-state index in [0.717, 1.165) is 6.07 Å². The molecule has 9 nitrogen and oxygen atoms in total. The van der Waals surface area contributed by atoms with E-state index >= 15 is 0 Å². The van der Waals surface area contributed by atoms with Gasteiger partial charge in [0.2, 0.25) is 17.7 Å². The number of halogens is 1. The summed E-state index contributed by atoms with van der Waals surface area (Å²) >= 11 is 0. The third-order valence-corrected chi connectivity index (χ3v) is 4.24. The SMILES string of the molecule is NC(=O)[C@@H](NC(=O)CC(=O)Nc1ccc(Oc2ccnc(N)c2)c(F)c1)c1ccccc1. The molecule has 0 spiro atoms. The third-order valence-electron chi connectivity index (χ3n) is 4.24. The Hall–Kier alpha value is -4.47. The Bertz CT molecular complexity index is 1140. The normalized spacial score (nSPS) is 11.3. The number of aromatic nitrogens is 1. The van der Waals surface area contributed by atoms with Gasteiger partial charge in [0, 0.05) is 24.0 Å². The number of carbonyl (C=O) groups is 3. The molecule has 6 N–H and O–H groups in total. The maximum atomic E-state index is 14.3. The number of nitrogen functional groups attached to an aromatic ring is 1. The molecule has 0 aliphatic heterocycles. The number of pyridine rings is 1. The van der Waals surface area contributed by atoms with E-state index in [9.17, 15) is 18.8 Å². The lowest BCUT2D eigenvalue weighted by Crippen LogP contribution is -2.38. The first-order valence-corrected chi connectivity index (χ1v) is 9.44. The lowest BCUT2D eigenvalue weighted by molar-refractivity contribution is -0.130. The number of amides is 3.